The molecule has 182 valence electrons. The van der Waals surface area contributed by atoms with Gasteiger partial charge in [0.05, 0.1) is 21.7 Å². The highest BCUT2D eigenvalue weighted by Crippen LogP contribution is 2.48. The number of carboxylic acids is 1. The Hall–Kier alpha value is -3.97. The number of ether oxygens (including phenoxy) is 1. The summed E-state index contributed by atoms with van der Waals surface area (Å²) in [5.74, 6) is -0.747. The normalized spacial score (nSPS) is 13.7. The summed E-state index contributed by atoms with van der Waals surface area (Å²) in [7, 11) is 0. The second kappa shape index (κ2) is 9.59. The highest BCUT2D eigenvalue weighted by Gasteiger charge is 2.51. The van der Waals surface area contributed by atoms with Crippen LogP contribution in [0.3, 0.4) is 0 Å². The number of nitrogens with one attached hydrogen (secondary N) is 1. The molecule has 0 saturated heterocycles. The number of aryl methyl sites for hydroxylation is 2. The average molecular weight is 499 g/mol. The Balaban J connectivity index is 1.29. The number of hydrogen-bond donors (Lipinski definition) is 2. The van der Waals surface area contributed by atoms with Crippen molar-refractivity contribution in [1.29, 1.82) is 0 Å². The van der Waals surface area contributed by atoms with E-state index in [-0.39, 0.29) is 6.61 Å². The van der Waals surface area contributed by atoms with Crippen molar-refractivity contribution in [1.82, 2.24) is 4.37 Å². The largest absolute Gasteiger partial charge is 0.481 e. The van der Waals surface area contributed by atoms with E-state index in [1.54, 1.807) is 0 Å². The van der Waals surface area contributed by atoms with Gasteiger partial charge in [-0.25, -0.2) is 4.79 Å². The zero-order valence-corrected chi connectivity index (χ0v) is 20.9. The van der Waals surface area contributed by atoms with Crippen LogP contribution in [0.1, 0.15) is 35.2 Å². The van der Waals surface area contributed by atoms with Gasteiger partial charge in [0, 0.05) is 0 Å². The van der Waals surface area contributed by atoms with E-state index in [0.29, 0.717) is 18.5 Å². The molecule has 0 spiro atoms. The molecular formula is C29H26N2O4S. The summed E-state index contributed by atoms with van der Waals surface area (Å²) in [6.45, 7) is 4.04. The first kappa shape index (κ1) is 23.8. The van der Waals surface area contributed by atoms with Crippen LogP contribution in [0.4, 0.5) is 10.5 Å². The number of aromatic nitrogens is 1. The molecule has 1 fully saturated rings. The van der Waals surface area contributed by atoms with E-state index < -0.39 is 17.5 Å². The van der Waals surface area contributed by atoms with Crippen molar-refractivity contribution in [3.8, 4) is 21.6 Å². The van der Waals surface area contributed by atoms with Gasteiger partial charge in [-0.2, -0.15) is 4.37 Å². The Kier molecular flexibility index (Phi) is 6.33. The third-order valence-electron chi connectivity index (χ3n) is 6.79. The maximum absolute atomic E-state index is 12.5. The standard InChI is InChI=1S/C29H26N2O4S/c1-18-5-3-4-6-23(18)17-35-28(34)30-25-19(2)31-36-26(25)22-9-7-20(8-10-22)21-11-13-24(14-12-21)29(15-16-29)27(32)33/h3-14H,15-17H2,1-2H3,(H,30,34)(H,32,33). The highest BCUT2D eigenvalue weighted by molar-refractivity contribution is 7.10. The highest BCUT2D eigenvalue weighted by atomic mass is 32.1. The van der Waals surface area contributed by atoms with Gasteiger partial charge < -0.3 is 9.84 Å². The Bertz CT molecular complexity index is 1420. The third-order valence-corrected chi connectivity index (χ3v) is 7.77. The number of aliphatic carboxylic acids is 1. The van der Waals surface area contributed by atoms with Crippen LogP contribution >= 0.6 is 11.5 Å². The Morgan fingerprint density at radius 2 is 1.56 bits per heavy atom. The molecule has 1 amide bonds. The number of hydrogen-bond acceptors (Lipinski definition) is 5. The molecule has 1 aliphatic carbocycles. The van der Waals surface area contributed by atoms with Crippen LogP contribution in [0, 0.1) is 13.8 Å². The second-order valence-corrected chi connectivity index (χ2v) is 9.92. The molecular weight excluding hydrogens is 472 g/mol. The lowest BCUT2D eigenvalue weighted by atomic mass is 9.93. The van der Waals surface area contributed by atoms with Gasteiger partial charge in [0.25, 0.3) is 0 Å². The fourth-order valence-corrected chi connectivity index (χ4v) is 5.17. The first-order valence-corrected chi connectivity index (χ1v) is 12.5. The lowest BCUT2D eigenvalue weighted by Crippen LogP contribution is -2.19. The number of carboxylic acid groups (broad SMARTS) is 1. The Morgan fingerprint density at radius 1 is 0.944 bits per heavy atom. The van der Waals surface area contributed by atoms with E-state index in [9.17, 15) is 14.7 Å². The molecule has 0 radical (unpaired) electrons. The molecule has 4 aromatic rings. The van der Waals surface area contributed by atoms with E-state index in [0.717, 1.165) is 44.0 Å². The topological polar surface area (TPSA) is 88.5 Å². The van der Waals surface area contributed by atoms with Gasteiger partial charge in [-0.3, -0.25) is 10.1 Å². The summed E-state index contributed by atoms with van der Waals surface area (Å²) in [4.78, 5) is 25.0. The second-order valence-electron chi connectivity index (χ2n) is 9.14. The summed E-state index contributed by atoms with van der Waals surface area (Å²) in [5.41, 5.74) is 6.57. The minimum absolute atomic E-state index is 0.200. The number of rotatable bonds is 7. The Morgan fingerprint density at radius 3 is 2.17 bits per heavy atom. The monoisotopic (exact) mass is 498 g/mol. The van der Waals surface area contributed by atoms with Crippen LogP contribution in [-0.2, 0) is 21.6 Å². The lowest BCUT2D eigenvalue weighted by Gasteiger charge is -2.12. The van der Waals surface area contributed by atoms with Crippen LogP contribution < -0.4 is 5.32 Å². The molecule has 0 aliphatic heterocycles. The van der Waals surface area contributed by atoms with Crippen molar-refractivity contribution in [3.05, 3.63) is 95.2 Å². The van der Waals surface area contributed by atoms with Gasteiger partial charge in [0.15, 0.2) is 0 Å². The van der Waals surface area contributed by atoms with Gasteiger partial charge >= 0.3 is 12.1 Å². The maximum Gasteiger partial charge on any atom is 0.412 e. The van der Waals surface area contributed by atoms with Crippen LogP contribution in [0.5, 0.6) is 0 Å². The Labute approximate surface area is 213 Å². The molecule has 0 atom stereocenters. The van der Waals surface area contributed by atoms with Gasteiger partial charge in [-0.05, 0) is 71.6 Å². The fourth-order valence-electron chi connectivity index (χ4n) is 4.31. The minimum Gasteiger partial charge on any atom is -0.481 e. The summed E-state index contributed by atoms with van der Waals surface area (Å²) < 4.78 is 9.88. The lowest BCUT2D eigenvalue weighted by molar-refractivity contribution is -0.140. The zero-order chi connectivity index (χ0) is 25.3. The van der Waals surface area contributed by atoms with Crippen molar-refractivity contribution in [2.75, 3.05) is 5.32 Å². The quantitative estimate of drug-likeness (QED) is 0.288. The molecule has 1 heterocycles. The van der Waals surface area contributed by atoms with E-state index in [2.05, 4.69) is 9.69 Å². The molecule has 3 aromatic carbocycles. The molecule has 7 heteroatoms. The number of carbonyl (C=O) groups is 2. The third kappa shape index (κ3) is 4.62. The molecule has 36 heavy (non-hydrogen) atoms. The molecule has 1 saturated carbocycles. The van der Waals surface area contributed by atoms with Gasteiger partial charge in [-0.1, -0.05) is 72.8 Å². The van der Waals surface area contributed by atoms with Crippen molar-refractivity contribution in [2.24, 2.45) is 0 Å². The zero-order valence-electron chi connectivity index (χ0n) is 20.1. The van der Waals surface area contributed by atoms with E-state index in [1.165, 1.54) is 11.5 Å². The summed E-state index contributed by atoms with van der Waals surface area (Å²) >= 11 is 1.33. The van der Waals surface area contributed by atoms with Crippen LogP contribution in [-0.4, -0.2) is 21.5 Å². The smallest absolute Gasteiger partial charge is 0.412 e. The number of benzene rings is 3. The molecule has 6 nitrogen and oxygen atoms in total. The van der Waals surface area contributed by atoms with Crippen molar-refractivity contribution < 1.29 is 19.4 Å². The van der Waals surface area contributed by atoms with Crippen molar-refractivity contribution >= 4 is 29.3 Å². The van der Waals surface area contributed by atoms with Gasteiger partial charge in [0.1, 0.15) is 6.61 Å². The summed E-state index contributed by atoms with van der Waals surface area (Å²) in [6, 6.07) is 23.6. The summed E-state index contributed by atoms with van der Waals surface area (Å²) in [5, 5.41) is 12.4. The molecule has 0 unspecified atom stereocenters. The molecule has 2 N–H and O–H groups in total. The van der Waals surface area contributed by atoms with Crippen molar-refractivity contribution in [2.45, 2.75) is 38.7 Å². The molecule has 1 aromatic heterocycles. The van der Waals surface area contributed by atoms with Crippen LogP contribution in [0.2, 0.25) is 0 Å². The number of amides is 1. The molecule has 5 rings (SSSR count). The number of anilines is 1. The van der Waals surface area contributed by atoms with Gasteiger partial charge in [0.2, 0.25) is 0 Å². The minimum atomic E-state index is -0.747. The maximum atomic E-state index is 12.5. The van der Waals surface area contributed by atoms with Gasteiger partial charge in [-0.15, -0.1) is 0 Å². The molecule has 0 bridgehead atoms. The van der Waals surface area contributed by atoms with Crippen LogP contribution in [0.25, 0.3) is 21.6 Å². The number of carbonyl (C=O) groups excluding carboxylic acids is 1. The van der Waals surface area contributed by atoms with E-state index in [1.807, 2.05) is 86.6 Å². The van der Waals surface area contributed by atoms with E-state index in [4.69, 9.17) is 4.74 Å². The van der Waals surface area contributed by atoms with E-state index >= 15 is 0 Å². The SMILES string of the molecule is Cc1ccccc1COC(=O)Nc1c(C)nsc1-c1ccc(-c2ccc(C3(C(=O)O)CC3)cc2)cc1. The van der Waals surface area contributed by atoms with Crippen molar-refractivity contribution in [3.63, 3.8) is 0 Å². The predicted octanol–water partition coefficient (Wildman–Crippen LogP) is 6.96. The number of nitrogens with zero attached hydrogens (tertiary/aromatic N) is 1. The fraction of sp³-hybridized carbons (Fsp3) is 0.207. The summed E-state index contributed by atoms with van der Waals surface area (Å²) in [6.07, 6.45) is 0.871. The predicted molar refractivity (Wildman–Crippen MR) is 141 cm³/mol. The first-order valence-electron chi connectivity index (χ1n) is 11.8. The first-order chi connectivity index (χ1) is 17.4. The molecule has 1 aliphatic rings. The average Bonchev–Trinajstić information content (AvgIpc) is 3.63. The van der Waals surface area contributed by atoms with Crippen LogP contribution in [0.15, 0.2) is 72.8 Å².